The van der Waals surface area contributed by atoms with Gasteiger partial charge in [0.05, 0.1) is 17.0 Å². The van der Waals surface area contributed by atoms with Crippen molar-refractivity contribution in [1.29, 1.82) is 0 Å². The van der Waals surface area contributed by atoms with E-state index in [4.69, 9.17) is 4.42 Å². The van der Waals surface area contributed by atoms with E-state index in [9.17, 15) is 0 Å². The normalized spacial score (nSPS) is 19.0. The molecule has 0 amide bonds. The summed E-state index contributed by atoms with van der Waals surface area (Å²) in [6.07, 6.45) is 4.65. The van der Waals surface area contributed by atoms with Crippen LogP contribution in [-0.2, 0) is 37.9 Å². The SMILES string of the molecule is Cc1cc(C(C)(C)C)cc(C)c1N1c2cc3c(cc2B2c4oc5cc6c(cc5c4N(c4ccc(C(C)(C)C)cc4)c4cc(C(C)(C)C)cc1c42)C(C)(C)CCC6(C)C)C(C)(C)CCC3(C)C. The average molecular weight is 877 g/mol. The van der Waals surface area contributed by atoms with Gasteiger partial charge in [-0.1, -0.05) is 148 Å². The van der Waals surface area contributed by atoms with Gasteiger partial charge >= 0.3 is 0 Å². The summed E-state index contributed by atoms with van der Waals surface area (Å²) in [5, 5.41) is 1.22. The second kappa shape index (κ2) is 13.9. The van der Waals surface area contributed by atoms with Gasteiger partial charge in [-0.2, -0.15) is 0 Å². The summed E-state index contributed by atoms with van der Waals surface area (Å²) < 4.78 is 7.67. The minimum absolute atomic E-state index is 0.0311. The van der Waals surface area contributed by atoms with Gasteiger partial charge in [-0.25, -0.2) is 0 Å². The predicted molar refractivity (Wildman–Crippen MR) is 286 cm³/mol. The molecule has 0 atom stereocenters. The van der Waals surface area contributed by atoms with Gasteiger partial charge in [0, 0.05) is 28.1 Å². The third kappa shape index (κ3) is 6.71. The molecule has 5 aromatic carbocycles. The molecular weight excluding hydrogens is 800 g/mol. The van der Waals surface area contributed by atoms with Gasteiger partial charge in [0.2, 0.25) is 0 Å². The fourth-order valence-corrected chi connectivity index (χ4v) is 12.4. The van der Waals surface area contributed by atoms with Crippen molar-refractivity contribution < 1.29 is 4.42 Å². The van der Waals surface area contributed by atoms with Crippen molar-refractivity contribution in [3.05, 3.63) is 123 Å². The number of benzene rings is 5. The zero-order chi connectivity index (χ0) is 47.8. The van der Waals surface area contributed by atoms with E-state index in [1.165, 1.54) is 101 Å². The lowest BCUT2D eigenvalue weighted by Crippen LogP contribution is -2.61. The lowest BCUT2D eigenvalue weighted by Gasteiger charge is -2.47. The van der Waals surface area contributed by atoms with Gasteiger partial charge in [0.25, 0.3) is 6.71 Å². The topological polar surface area (TPSA) is 19.6 Å². The third-order valence-corrected chi connectivity index (χ3v) is 17.0. The number of furan rings is 1. The fraction of sp³-hybridized carbons (Fsp3) is 0.484. The van der Waals surface area contributed by atoms with Crippen LogP contribution in [0.3, 0.4) is 0 Å². The summed E-state index contributed by atoms with van der Waals surface area (Å²) in [5.41, 5.74) is 24.9. The van der Waals surface area contributed by atoms with E-state index in [0.29, 0.717) is 0 Å². The fourth-order valence-electron chi connectivity index (χ4n) is 12.4. The third-order valence-electron chi connectivity index (χ3n) is 17.0. The molecular formula is C62H77BN2O. The quantitative estimate of drug-likeness (QED) is 0.161. The van der Waals surface area contributed by atoms with Crippen LogP contribution < -0.4 is 26.4 Å². The summed E-state index contributed by atoms with van der Waals surface area (Å²) in [6, 6.07) is 29.8. The second-order valence-corrected chi connectivity index (χ2v) is 27.0. The lowest BCUT2D eigenvalue weighted by atomic mass is 9.35. The molecule has 2 aliphatic heterocycles. The van der Waals surface area contributed by atoms with Crippen molar-refractivity contribution in [3.63, 3.8) is 0 Å². The van der Waals surface area contributed by atoms with E-state index in [0.717, 1.165) is 36.9 Å². The van der Waals surface area contributed by atoms with E-state index < -0.39 is 0 Å². The first-order chi connectivity index (χ1) is 30.4. The Labute approximate surface area is 398 Å². The summed E-state index contributed by atoms with van der Waals surface area (Å²) in [5.74, 6) is 0. The molecule has 0 bridgehead atoms. The van der Waals surface area contributed by atoms with Crippen molar-refractivity contribution in [2.75, 3.05) is 9.80 Å². The second-order valence-electron chi connectivity index (χ2n) is 27.0. The molecule has 0 N–H and O–H groups in total. The van der Waals surface area contributed by atoms with Crippen LogP contribution in [0.4, 0.5) is 34.1 Å². The van der Waals surface area contributed by atoms with Crippen molar-refractivity contribution in [2.45, 2.75) is 195 Å². The minimum Gasteiger partial charge on any atom is -0.468 e. The number of aryl methyl sites for hydroxylation is 2. The molecule has 66 heavy (non-hydrogen) atoms. The number of anilines is 6. The first-order valence-corrected chi connectivity index (χ1v) is 25.2. The Morgan fingerprint density at radius 2 is 0.909 bits per heavy atom. The zero-order valence-corrected chi connectivity index (χ0v) is 44.1. The van der Waals surface area contributed by atoms with E-state index in [1.807, 2.05) is 0 Å². The minimum atomic E-state index is -0.121. The Kier molecular flexibility index (Phi) is 9.53. The summed E-state index contributed by atoms with van der Waals surface area (Å²) >= 11 is 0. The maximum Gasteiger partial charge on any atom is 0.297 e. The monoisotopic (exact) mass is 877 g/mol. The first-order valence-electron chi connectivity index (χ1n) is 25.2. The van der Waals surface area contributed by atoms with Crippen LogP contribution in [0, 0.1) is 13.8 Å². The number of hydrogen-bond donors (Lipinski definition) is 0. The van der Waals surface area contributed by atoms with Crippen LogP contribution in [0.1, 0.15) is 193 Å². The van der Waals surface area contributed by atoms with E-state index in [-0.39, 0.29) is 44.6 Å². The van der Waals surface area contributed by atoms with Gasteiger partial charge in [0.1, 0.15) is 5.58 Å². The molecule has 0 fully saturated rings. The average Bonchev–Trinajstić information content (AvgIpc) is 3.58. The maximum atomic E-state index is 7.67. The standard InChI is InChI=1S/C62H77BN2O/c1-36-28-39(57(6,7)8)29-37(2)53(36)65-48-34-45-44(60(14,15)25-26-61(45,16)17)33-47(48)63-52-49(30-40(31-50(52)65)58(9,10)11)64(41-22-20-38(21-23-41)56(3,4)5)54-42-32-43-46(35-51(42)66-55(54)63)62(18,19)27-24-59(43,12)13/h20-23,28-35H,24-27H2,1-19H3. The molecule has 0 spiro atoms. The van der Waals surface area contributed by atoms with Gasteiger partial charge in [0.15, 0.2) is 0 Å². The van der Waals surface area contributed by atoms with Crippen LogP contribution >= 0.6 is 0 Å². The Morgan fingerprint density at radius 1 is 0.470 bits per heavy atom. The summed E-state index contributed by atoms with van der Waals surface area (Å²) in [6.45, 7) is 45.4. The molecule has 344 valence electrons. The van der Waals surface area contributed by atoms with Crippen molar-refractivity contribution >= 4 is 68.4 Å². The van der Waals surface area contributed by atoms with Gasteiger partial charge in [-0.15, -0.1) is 0 Å². The highest BCUT2D eigenvalue weighted by Gasteiger charge is 2.50. The molecule has 0 radical (unpaired) electrons. The number of hydrogen-bond acceptors (Lipinski definition) is 3. The molecule has 4 heteroatoms. The van der Waals surface area contributed by atoms with Crippen molar-refractivity contribution in [2.24, 2.45) is 0 Å². The predicted octanol–water partition coefficient (Wildman–Crippen LogP) is 15.7. The summed E-state index contributed by atoms with van der Waals surface area (Å²) in [4.78, 5) is 5.32. The maximum absolute atomic E-state index is 7.67. The van der Waals surface area contributed by atoms with E-state index in [1.54, 1.807) is 0 Å². The number of nitrogens with zero attached hydrogens (tertiary/aromatic N) is 2. The smallest absolute Gasteiger partial charge is 0.297 e. The molecule has 0 saturated carbocycles. The summed E-state index contributed by atoms with van der Waals surface area (Å²) in [7, 11) is 0. The highest BCUT2D eigenvalue weighted by Crippen LogP contribution is 2.54. The molecule has 10 rings (SSSR count). The van der Waals surface area contributed by atoms with Crippen molar-refractivity contribution in [3.8, 4) is 0 Å². The van der Waals surface area contributed by atoms with E-state index >= 15 is 0 Å². The molecule has 3 heterocycles. The largest absolute Gasteiger partial charge is 0.468 e. The van der Waals surface area contributed by atoms with Crippen molar-refractivity contribution in [1.82, 2.24) is 0 Å². The number of rotatable bonds is 2. The zero-order valence-electron chi connectivity index (χ0n) is 44.1. The lowest BCUT2D eigenvalue weighted by molar-refractivity contribution is 0.332. The van der Waals surface area contributed by atoms with Crippen LogP contribution in [0.5, 0.6) is 0 Å². The van der Waals surface area contributed by atoms with Crippen LogP contribution in [0.2, 0.25) is 0 Å². The first kappa shape index (κ1) is 45.1. The molecule has 6 aromatic rings. The Hall–Kier alpha value is -4.70. The molecule has 0 unspecified atom stereocenters. The Morgan fingerprint density at radius 3 is 1.41 bits per heavy atom. The van der Waals surface area contributed by atoms with Crippen LogP contribution in [0.25, 0.3) is 11.0 Å². The molecule has 1 aromatic heterocycles. The van der Waals surface area contributed by atoms with Crippen LogP contribution in [0.15, 0.2) is 77.2 Å². The number of fused-ring (bicyclic) bond motifs is 8. The molecule has 0 saturated heterocycles. The van der Waals surface area contributed by atoms with Gasteiger partial charge in [-0.05, 0) is 181 Å². The molecule has 4 aliphatic rings. The molecule has 3 nitrogen and oxygen atoms in total. The highest BCUT2D eigenvalue weighted by atomic mass is 16.3. The Balaban J connectivity index is 1.39. The van der Waals surface area contributed by atoms with Gasteiger partial charge in [-0.3, -0.25) is 0 Å². The van der Waals surface area contributed by atoms with Crippen LogP contribution in [-0.4, -0.2) is 6.71 Å². The van der Waals surface area contributed by atoms with Gasteiger partial charge < -0.3 is 14.2 Å². The Bertz CT molecular complexity index is 2980. The van der Waals surface area contributed by atoms with E-state index in [2.05, 4.69) is 214 Å². The molecule has 2 aliphatic carbocycles. The highest BCUT2D eigenvalue weighted by molar-refractivity contribution is 7.00.